The Labute approximate surface area is 150 Å². The summed E-state index contributed by atoms with van der Waals surface area (Å²) in [6.07, 6.45) is 2.08. The van der Waals surface area contributed by atoms with Crippen LogP contribution in [0.2, 0.25) is 0 Å². The molecule has 2 aromatic rings. The molecule has 2 atom stereocenters. The van der Waals surface area contributed by atoms with Crippen molar-refractivity contribution in [1.82, 2.24) is 10.3 Å². The maximum absolute atomic E-state index is 11.6. The van der Waals surface area contributed by atoms with Crippen LogP contribution < -0.4 is 15.0 Å². The Morgan fingerprint density at radius 2 is 2.00 bits per heavy atom. The highest BCUT2D eigenvalue weighted by molar-refractivity contribution is 8.15. The lowest BCUT2D eigenvalue weighted by Crippen LogP contribution is -2.34. The second-order valence-electron chi connectivity index (χ2n) is 5.75. The van der Waals surface area contributed by atoms with Gasteiger partial charge in [-0.25, -0.2) is 4.98 Å². The molecule has 0 spiro atoms. The van der Waals surface area contributed by atoms with Gasteiger partial charge in [-0.3, -0.25) is 14.9 Å². The molecule has 1 fully saturated rings. The third kappa shape index (κ3) is 4.30. The van der Waals surface area contributed by atoms with Crippen molar-refractivity contribution in [3.05, 3.63) is 54.2 Å². The summed E-state index contributed by atoms with van der Waals surface area (Å²) in [6.45, 7) is 1.95. The topological polar surface area (TPSA) is 71.5 Å². The maximum atomic E-state index is 11.6. The van der Waals surface area contributed by atoms with Crippen molar-refractivity contribution in [3.63, 3.8) is 0 Å². The number of benzene rings is 1. The van der Waals surface area contributed by atoms with Gasteiger partial charge >= 0.3 is 0 Å². The molecule has 1 aliphatic rings. The van der Waals surface area contributed by atoms with Crippen LogP contribution in [0.25, 0.3) is 0 Å². The number of nitrogens with one attached hydrogen (secondary N) is 1. The monoisotopic (exact) mass is 357 g/mol. The number of pyridine rings is 1. The lowest BCUT2D eigenvalue weighted by molar-refractivity contribution is -0.118. The summed E-state index contributed by atoms with van der Waals surface area (Å²) in [7, 11) is 1.92. The smallest absolute Gasteiger partial charge is 0.286 e. The van der Waals surface area contributed by atoms with Gasteiger partial charge in [0.15, 0.2) is 6.23 Å². The highest BCUT2D eigenvalue weighted by atomic mass is 32.2. The summed E-state index contributed by atoms with van der Waals surface area (Å²) in [4.78, 5) is 29.1. The van der Waals surface area contributed by atoms with Crippen molar-refractivity contribution in [2.24, 2.45) is 0 Å². The standard InChI is InChI=1S/C18H19N3O3S/c1-12(21(2)16-5-3-4-10-19-16)24-14-8-6-13(7-9-14)11-15-17(22)20-18(23)25-15/h3-10,12,15H,11H2,1-2H3,(H,20,22,23). The van der Waals surface area contributed by atoms with Crippen LogP contribution in [0.15, 0.2) is 48.7 Å². The molecule has 1 aliphatic heterocycles. The minimum absolute atomic E-state index is 0.186. The second kappa shape index (κ2) is 7.57. The van der Waals surface area contributed by atoms with E-state index in [0.717, 1.165) is 28.9 Å². The number of ether oxygens (including phenoxy) is 1. The summed E-state index contributed by atoms with van der Waals surface area (Å²) in [5.74, 6) is 1.35. The van der Waals surface area contributed by atoms with E-state index in [1.165, 1.54) is 0 Å². The number of amides is 2. The number of anilines is 1. The number of aromatic nitrogens is 1. The molecule has 1 aromatic carbocycles. The Morgan fingerprint density at radius 3 is 2.60 bits per heavy atom. The van der Waals surface area contributed by atoms with E-state index in [1.807, 2.05) is 61.3 Å². The summed E-state index contributed by atoms with van der Waals surface area (Å²) in [6, 6.07) is 13.3. The Bertz CT molecular complexity index is 752. The van der Waals surface area contributed by atoms with Gasteiger partial charge in [0.1, 0.15) is 11.6 Å². The fraction of sp³-hybridized carbons (Fsp3) is 0.278. The summed E-state index contributed by atoms with van der Waals surface area (Å²) < 4.78 is 5.94. The average molecular weight is 357 g/mol. The molecule has 25 heavy (non-hydrogen) atoms. The summed E-state index contributed by atoms with van der Waals surface area (Å²) in [5, 5.41) is 1.67. The normalized spacial score (nSPS) is 17.9. The van der Waals surface area contributed by atoms with Gasteiger partial charge in [0.25, 0.3) is 5.24 Å². The number of nitrogens with zero attached hydrogens (tertiary/aromatic N) is 2. The first kappa shape index (κ1) is 17.3. The van der Waals surface area contributed by atoms with Gasteiger partial charge in [-0.2, -0.15) is 0 Å². The zero-order chi connectivity index (χ0) is 17.8. The molecule has 0 saturated carbocycles. The molecule has 1 saturated heterocycles. The fourth-order valence-electron chi connectivity index (χ4n) is 2.47. The molecule has 130 valence electrons. The van der Waals surface area contributed by atoms with Crippen molar-refractivity contribution in [2.45, 2.75) is 24.8 Å². The minimum Gasteiger partial charge on any atom is -0.471 e. The predicted octanol–water partition coefficient (Wildman–Crippen LogP) is 2.84. The maximum Gasteiger partial charge on any atom is 0.286 e. The SMILES string of the molecule is CC(Oc1ccc(CC2SC(=O)NC2=O)cc1)N(C)c1ccccn1. The van der Waals surface area contributed by atoms with Crippen LogP contribution in [0.5, 0.6) is 5.75 Å². The molecule has 3 rings (SSSR count). The van der Waals surface area contributed by atoms with Crippen molar-refractivity contribution < 1.29 is 14.3 Å². The molecule has 2 unspecified atom stereocenters. The third-order valence-electron chi connectivity index (χ3n) is 3.97. The van der Waals surface area contributed by atoms with Crippen LogP contribution in [0, 0.1) is 0 Å². The number of rotatable bonds is 6. The highest BCUT2D eigenvalue weighted by Gasteiger charge is 2.31. The van der Waals surface area contributed by atoms with E-state index in [1.54, 1.807) is 6.20 Å². The number of imide groups is 1. The molecule has 7 heteroatoms. The molecule has 0 aliphatic carbocycles. The number of hydrogen-bond acceptors (Lipinski definition) is 6. The van der Waals surface area contributed by atoms with Crippen LogP contribution in [0.1, 0.15) is 12.5 Å². The van der Waals surface area contributed by atoms with E-state index in [9.17, 15) is 9.59 Å². The molecular formula is C18H19N3O3S. The third-order valence-corrected chi connectivity index (χ3v) is 4.96. The van der Waals surface area contributed by atoms with Gasteiger partial charge in [0.05, 0.1) is 5.25 Å². The van der Waals surface area contributed by atoms with Gasteiger partial charge in [0, 0.05) is 13.2 Å². The van der Waals surface area contributed by atoms with E-state index in [-0.39, 0.29) is 22.6 Å². The van der Waals surface area contributed by atoms with Crippen molar-refractivity contribution >= 4 is 28.7 Å². The molecule has 1 aromatic heterocycles. The molecular weight excluding hydrogens is 338 g/mol. The van der Waals surface area contributed by atoms with Crippen molar-refractivity contribution in [1.29, 1.82) is 0 Å². The van der Waals surface area contributed by atoms with E-state index in [0.29, 0.717) is 6.42 Å². The first-order chi connectivity index (χ1) is 12.0. The van der Waals surface area contributed by atoms with E-state index < -0.39 is 0 Å². The quantitative estimate of drug-likeness (QED) is 0.802. The van der Waals surface area contributed by atoms with Gasteiger partial charge in [-0.1, -0.05) is 30.0 Å². The molecule has 0 radical (unpaired) electrons. The lowest BCUT2D eigenvalue weighted by Gasteiger charge is -2.26. The fourth-order valence-corrected chi connectivity index (χ4v) is 3.33. The van der Waals surface area contributed by atoms with Gasteiger partial charge in [0.2, 0.25) is 5.91 Å². The zero-order valence-corrected chi connectivity index (χ0v) is 14.8. The Hall–Kier alpha value is -2.54. The van der Waals surface area contributed by atoms with Crippen LogP contribution in [0.4, 0.5) is 10.6 Å². The predicted molar refractivity (Wildman–Crippen MR) is 97.8 cm³/mol. The second-order valence-corrected chi connectivity index (χ2v) is 6.92. The molecule has 0 bridgehead atoms. The summed E-state index contributed by atoms with van der Waals surface area (Å²) >= 11 is 1.04. The van der Waals surface area contributed by atoms with Gasteiger partial charge < -0.3 is 9.64 Å². The van der Waals surface area contributed by atoms with Crippen LogP contribution in [0.3, 0.4) is 0 Å². The lowest BCUT2D eigenvalue weighted by atomic mass is 10.1. The van der Waals surface area contributed by atoms with Crippen molar-refractivity contribution in [2.75, 3.05) is 11.9 Å². The minimum atomic E-state index is -0.353. The molecule has 2 heterocycles. The van der Waals surface area contributed by atoms with E-state index in [4.69, 9.17) is 4.74 Å². The summed E-state index contributed by atoms with van der Waals surface area (Å²) in [5.41, 5.74) is 0.987. The van der Waals surface area contributed by atoms with Gasteiger partial charge in [-0.15, -0.1) is 0 Å². The molecule has 2 amide bonds. The van der Waals surface area contributed by atoms with Crippen molar-refractivity contribution in [3.8, 4) is 5.75 Å². The number of hydrogen-bond donors (Lipinski definition) is 1. The van der Waals surface area contributed by atoms with Crippen LogP contribution >= 0.6 is 11.8 Å². The van der Waals surface area contributed by atoms with E-state index >= 15 is 0 Å². The largest absolute Gasteiger partial charge is 0.471 e. The number of carbonyl (C=O) groups is 2. The highest BCUT2D eigenvalue weighted by Crippen LogP contribution is 2.24. The first-order valence-corrected chi connectivity index (χ1v) is 8.82. The zero-order valence-electron chi connectivity index (χ0n) is 14.0. The van der Waals surface area contributed by atoms with Crippen LogP contribution in [-0.2, 0) is 11.2 Å². The molecule has 1 N–H and O–H groups in total. The number of carbonyl (C=O) groups excluding carboxylic acids is 2. The van der Waals surface area contributed by atoms with E-state index in [2.05, 4.69) is 10.3 Å². The average Bonchev–Trinajstić information content (AvgIpc) is 2.94. The number of thioether (sulfide) groups is 1. The Morgan fingerprint density at radius 1 is 1.24 bits per heavy atom. The van der Waals surface area contributed by atoms with Crippen LogP contribution in [-0.4, -0.2) is 34.7 Å². The van der Waals surface area contributed by atoms with Gasteiger partial charge in [-0.05, 0) is 43.2 Å². The molecule has 6 nitrogen and oxygen atoms in total. The Balaban J connectivity index is 1.59. The Kier molecular flexibility index (Phi) is 5.23. The first-order valence-electron chi connectivity index (χ1n) is 7.94.